The zero-order valence-corrected chi connectivity index (χ0v) is 7.75. The Hall–Kier alpha value is -0.880. The first kappa shape index (κ1) is 7.75. The van der Waals surface area contributed by atoms with Gasteiger partial charge in [0.15, 0.2) is 0 Å². The molecule has 1 aromatic heterocycles. The molecule has 0 saturated heterocycles. The van der Waals surface area contributed by atoms with Crippen LogP contribution in [0.5, 0.6) is 0 Å². The van der Waals surface area contributed by atoms with Gasteiger partial charge in [0.1, 0.15) is 9.77 Å². The molecule has 2 rings (SSSR count). The minimum absolute atomic E-state index is 0.120. The average molecular weight is 203 g/mol. The number of rotatable bonds is 0. The van der Waals surface area contributed by atoms with E-state index in [0.29, 0.717) is 4.88 Å². The molecule has 0 aromatic carbocycles. The molecule has 12 heavy (non-hydrogen) atoms. The molecule has 1 aromatic rings. The molecule has 0 unspecified atom stereocenters. The largest absolute Gasteiger partial charge is 0.276 e. The number of sulfonamides is 1. The van der Waals surface area contributed by atoms with Crippen molar-refractivity contribution < 1.29 is 13.2 Å². The number of aryl methyl sites for hydroxylation is 1. The topological polar surface area (TPSA) is 63.2 Å². The first-order valence-electron chi connectivity index (χ1n) is 3.18. The molecule has 64 valence electrons. The van der Waals surface area contributed by atoms with E-state index < -0.39 is 15.9 Å². The Morgan fingerprint density at radius 3 is 2.75 bits per heavy atom. The van der Waals surface area contributed by atoms with Crippen LogP contribution >= 0.6 is 11.3 Å². The second kappa shape index (κ2) is 2.08. The Bertz CT molecular complexity index is 457. The van der Waals surface area contributed by atoms with E-state index in [0.717, 1.165) is 4.88 Å². The van der Waals surface area contributed by atoms with Crippen LogP contribution in [0, 0.1) is 6.92 Å². The third kappa shape index (κ3) is 0.881. The molecule has 1 N–H and O–H groups in total. The molecule has 1 amide bonds. The van der Waals surface area contributed by atoms with E-state index in [-0.39, 0.29) is 4.90 Å². The molecule has 1 aliphatic heterocycles. The highest BCUT2D eigenvalue weighted by atomic mass is 32.2. The summed E-state index contributed by atoms with van der Waals surface area (Å²) in [6.07, 6.45) is 0. The fourth-order valence-electron chi connectivity index (χ4n) is 1.07. The summed E-state index contributed by atoms with van der Waals surface area (Å²) in [5.74, 6) is -0.511. The van der Waals surface area contributed by atoms with E-state index in [1.54, 1.807) is 6.92 Å². The number of carbonyl (C=O) groups is 1. The van der Waals surface area contributed by atoms with E-state index in [2.05, 4.69) is 0 Å². The third-order valence-corrected chi connectivity index (χ3v) is 4.08. The summed E-state index contributed by atoms with van der Waals surface area (Å²) in [5.41, 5.74) is 0. The van der Waals surface area contributed by atoms with Crippen molar-refractivity contribution in [2.45, 2.75) is 11.8 Å². The molecule has 6 heteroatoms. The monoisotopic (exact) mass is 203 g/mol. The highest BCUT2D eigenvalue weighted by Crippen LogP contribution is 2.30. The van der Waals surface area contributed by atoms with E-state index in [1.165, 1.54) is 17.4 Å². The van der Waals surface area contributed by atoms with E-state index >= 15 is 0 Å². The molecule has 0 radical (unpaired) electrons. The van der Waals surface area contributed by atoms with Gasteiger partial charge in [0.25, 0.3) is 15.9 Å². The van der Waals surface area contributed by atoms with Crippen LogP contribution in [-0.4, -0.2) is 14.3 Å². The predicted molar refractivity (Wildman–Crippen MR) is 43.7 cm³/mol. The Morgan fingerprint density at radius 1 is 1.50 bits per heavy atom. The fourth-order valence-corrected chi connectivity index (χ4v) is 3.59. The Labute approximate surface area is 73.3 Å². The van der Waals surface area contributed by atoms with Gasteiger partial charge in [-0.05, 0) is 13.0 Å². The summed E-state index contributed by atoms with van der Waals surface area (Å²) in [4.78, 5) is 12.3. The van der Waals surface area contributed by atoms with Gasteiger partial charge >= 0.3 is 0 Å². The van der Waals surface area contributed by atoms with Crippen LogP contribution in [0.15, 0.2) is 11.0 Å². The standard InChI is InChI=1S/C6H5NO3S2/c1-3-2-4-5(11-3)6(8)7-12(4,9)10/h2H,1H3,(H,7,8). The van der Waals surface area contributed by atoms with Crippen LogP contribution in [0.4, 0.5) is 0 Å². The van der Waals surface area contributed by atoms with Gasteiger partial charge in [-0.25, -0.2) is 13.1 Å². The van der Waals surface area contributed by atoms with Crippen LogP contribution in [0.3, 0.4) is 0 Å². The lowest BCUT2D eigenvalue weighted by atomic mass is 10.4. The summed E-state index contributed by atoms with van der Waals surface area (Å²) in [5, 5.41) is 0. The van der Waals surface area contributed by atoms with E-state index in [1.807, 2.05) is 4.72 Å². The van der Waals surface area contributed by atoms with Crippen molar-refractivity contribution in [3.63, 3.8) is 0 Å². The van der Waals surface area contributed by atoms with Crippen molar-refractivity contribution in [1.82, 2.24) is 4.72 Å². The molecule has 0 atom stereocenters. The normalized spacial score (nSPS) is 18.9. The van der Waals surface area contributed by atoms with Gasteiger partial charge in [-0.2, -0.15) is 0 Å². The zero-order chi connectivity index (χ0) is 8.93. The maximum atomic E-state index is 11.2. The van der Waals surface area contributed by atoms with Crippen molar-refractivity contribution in [1.29, 1.82) is 0 Å². The lowest BCUT2D eigenvalue weighted by Gasteiger charge is -1.90. The number of hydrogen-bond donors (Lipinski definition) is 1. The van der Waals surface area contributed by atoms with Crippen molar-refractivity contribution in [3.05, 3.63) is 15.8 Å². The van der Waals surface area contributed by atoms with Gasteiger partial charge < -0.3 is 0 Å². The number of nitrogens with one attached hydrogen (secondary N) is 1. The number of carbonyl (C=O) groups excluding carboxylic acids is 1. The fraction of sp³-hybridized carbons (Fsp3) is 0.167. The van der Waals surface area contributed by atoms with Crippen LogP contribution in [0.1, 0.15) is 14.5 Å². The summed E-state index contributed by atoms with van der Waals surface area (Å²) in [6, 6.07) is 1.51. The van der Waals surface area contributed by atoms with Crippen LogP contribution < -0.4 is 4.72 Å². The van der Waals surface area contributed by atoms with Crippen molar-refractivity contribution in [2.24, 2.45) is 0 Å². The van der Waals surface area contributed by atoms with Crippen LogP contribution in [0.2, 0.25) is 0 Å². The van der Waals surface area contributed by atoms with Gasteiger partial charge in [0.05, 0.1) is 0 Å². The van der Waals surface area contributed by atoms with Crippen molar-refractivity contribution >= 4 is 27.3 Å². The number of thiophene rings is 1. The number of fused-ring (bicyclic) bond motifs is 1. The summed E-state index contributed by atoms with van der Waals surface area (Å²) in [6.45, 7) is 1.77. The molecule has 0 fully saturated rings. The second-order valence-corrected chi connectivity index (χ2v) is 5.39. The molecule has 1 aliphatic rings. The highest BCUT2D eigenvalue weighted by Gasteiger charge is 2.34. The lowest BCUT2D eigenvalue weighted by Crippen LogP contribution is -2.20. The summed E-state index contributed by atoms with van der Waals surface area (Å²) in [7, 11) is -3.52. The second-order valence-electron chi connectivity index (χ2n) is 2.49. The van der Waals surface area contributed by atoms with Gasteiger partial charge in [0.2, 0.25) is 0 Å². The van der Waals surface area contributed by atoms with Crippen LogP contribution in [-0.2, 0) is 10.0 Å². The first-order chi connectivity index (χ1) is 5.50. The lowest BCUT2D eigenvalue weighted by molar-refractivity contribution is 0.0989. The Morgan fingerprint density at radius 2 is 2.17 bits per heavy atom. The third-order valence-electron chi connectivity index (χ3n) is 1.54. The molecule has 0 bridgehead atoms. The maximum Gasteiger partial charge on any atom is 0.276 e. The molecule has 0 saturated carbocycles. The van der Waals surface area contributed by atoms with Crippen LogP contribution in [0.25, 0.3) is 0 Å². The van der Waals surface area contributed by atoms with Crippen molar-refractivity contribution in [2.75, 3.05) is 0 Å². The van der Waals surface area contributed by atoms with Gasteiger partial charge in [-0.3, -0.25) is 4.79 Å². The Kier molecular flexibility index (Phi) is 1.34. The minimum atomic E-state index is -3.52. The highest BCUT2D eigenvalue weighted by molar-refractivity contribution is 7.91. The molecule has 0 spiro atoms. The molecule has 4 nitrogen and oxygen atoms in total. The molecule has 2 heterocycles. The van der Waals surface area contributed by atoms with E-state index in [4.69, 9.17) is 0 Å². The van der Waals surface area contributed by atoms with Gasteiger partial charge in [-0.15, -0.1) is 11.3 Å². The minimum Gasteiger partial charge on any atom is -0.267 e. The molecular formula is C6H5NO3S2. The van der Waals surface area contributed by atoms with Gasteiger partial charge in [-0.1, -0.05) is 0 Å². The van der Waals surface area contributed by atoms with Gasteiger partial charge in [0, 0.05) is 4.88 Å². The maximum absolute atomic E-state index is 11.2. The predicted octanol–water partition coefficient (Wildman–Crippen LogP) is 0.489. The number of hydrogen-bond acceptors (Lipinski definition) is 4. The number of amides is 1. The SMILES string of the molecule is Cc1cc2c(s1)C(=O)NS2(=O)=O. The quantitative estimate of drug-likeness (QED) is 0.667. The smallest absolute Gasteiger partial charge is 0.267 e. The Balaban J connectivity index is 2.81. The zero-order valence-electron chi connectivity index (χ0n) is 6.12. The first-order valence-corrected chi connectivity index (χ1v) is 5.48. The van der Waals surface area contributed by atoms with Crippen molar-refractivity contribution in [3.8, 4) is 0 Å². The summed E-state index contributed by atoms with van der Waals surface area (Å²) >= 11 is 1.20. The average Bonchev–Trinajstić information content (AvgIpc) is 2.37. The van der Waals surface area contributed by atoms with E-state index in [9.17, 15) is 13.2 Å². The summed E-state index contributed by atoms with van der Waals surface area (Å²) < 4.78 is 24.2. The molecule has 0 aliphatic carbocycles. The molecular weight excluding hydrogens is 198 g/mol.